The number of β-amino-alcohol motifs (C(OH)–C–C–N with tert-alkyl or cyclic N) is 1. The number of hydrogen-bond acceptors (Lipinski definition) is 4. The molecule has 1 fully saturated rings. The molecule has 2 N–H and O–H groups in total. The number of likely N-dealkylation sites (N-methyl/N-ethyl adjacent to an activating group) is 1. The first-order chi connectivity index (χ1) is 9.51. The maximum atomic E-state index is 11.4. The van der Waals surface area contributed by atoms with Gasteiger partial charge in [-0.2, -0.15) is 0 Å². The van der Waals surface area contributed by atoms with Gasteiger partial charge in [0.1, 0.15) is 17.5 Å². The van der Waals surface area contributed by atoms with E-state index in [-0.39, 0.29) is 12.0 Å². The Morgan fingerprint density at radius 1 is 1.50 bits per heavy atom. The van der Waals surface area contributed by atoms with E-state index in [0.29, 0.717) is 19.5 Å². The van der Waals surface area contributed by atoms with E-state index in [1.807, 2.05) is 35.2 Å². The molecular formula is C15H22N2O3. The van der Waals surface area contributed by atoms with Crippen LogP contribution in [0, 0.1) is 0 Å². The number of carbonyl (C=O) groups excluding carboxylic acids is 1. The summed E-state index contributed by atoms with van der Waals surface area (Å²) in [5.74, 6) is 0.723. The van der Waals surface area contributed by atoms with Crippen molar-refractivity contribution in [1.29, 1.82) is 0 Å². The number of para-hydroxylation sites is 1. The number of carbonyl (C=O) groups is 1. The molecule has 5 nitrogen and oxygen atoms in total. The van der Waals surface area contributed by atoms with E-state index in [2.05, 4.69) is 5.32 Å². The zero-order valence-electron chi connectivity index (χ0n) is 12.0. The number of ether oxygens (including phenoxy) is 1. The average Bonchev–Trinajstić information content (AvgIpc) is 2.42. The van der Waals surface area contributed by atoms with Crippen molar-refractivity contribution in [3.63, 3.8) is 0 Å². The first-order valence-corrected chi connectivity index (χ1v) is 6.88. The Labute approximate surface area is 119 Å². The van der Waals surface area contributed by atoms with Gasteiger partial charge in [-0.3, -0.25) is 9.69 Å². The van der Waals surface area contributed by atoms with Crippen LogP contribution in [0.25, 0.3) is 0 Å². The predicted octanol–water partition coefficient (Wildman–Crippen LogP) is 0.637. The fraction of sp³-hybridized carbons (Fsp3) is 0.533. The largest absolute Gasteiger partial charge is 0.487 e. The van der Waals surface area contributed by atoms with Crippen molar-refractivity contribution in [2.45, 2.75) is 25.0 Å². The third-order valence-corrected chi connectivity index (χ3v) is 3.61. The van der Waals surface area contributed by atoms with Crippen LogP contribution in [0.4, 0.5) is 0 Å². The summed E-state index contributed by atoms with van der Waals surface area (Å²) in [6.07, 6.45) is 0.435. The van der Waals surface area contributed by atoms with Gasteiger partial charge in [-0.1, -0.05) is 18.2 Å². The molecule has 1 aromatic carbocycles. The lowest BCUT2D eigenvalue weighted by molar-refractivity contribution is -0.127. The lowest BCUT2D eigenvalue weighted by atomic mass is 9.91. The molecule has 0 aliphatic carbocycles. The summed E-state index contributed by atoms with van der Waals surface area (Å²) < 4.78 is 5.87. The van der Waals surface area contributed by atoms with Crippen molar-refractivity contribution in [3.05, 3.63) is 30.3 Å². The molecule has 110 valence electrons. The molecule has 1 amide bonds. The topological polar surface area (TPSA) is 61.8 Å². The van der Waals surface area contributed by atoms with E-state index < -0.39 is 5.60 Å². The summed E-state index contributed by atoms with van der Waals surface area (Å²) in [5, 5.41) is 13.2. The van der Waals surface area contributed by atoms with Gasteiger partial charge in [-0.15, -0.1) is 0 Å². The van der Waals surface area contributed by atoms with Crippen molar-refractivity contribution in [2.24, 2.45) is 0 Å². The Balaban J connectivity index is 1.96. The second-order valence-corrected chi connectivity index (χ2v) is 5.45. The van der Waals surface area contributed by atoms with Crippen LogP contribution in [-0.4, -0.2) is 54.3 Å². The highest BCUT2D eigenvalue weighted by molar-refractivity contribution is 5.77. The van der Waals surface area contributed by atoms with Gasteiger partial charge < -0.3 is 15.2 Å². The molecule has 0 saturated carbocycles. The maximum Gasteiger partial charge on any atom is 0.233 e. The summed E-state index contributed by atoms with van der Waals surface area (Å²) in [6.45, 7) is 3.24. The van der Waals surface area contributed by atoms with E-state index in [9.17, 15) is 9.90 Å². The number of aliphatic hydroxyl groups is 1. The Morgan fingerprint density at radius 3 is 2.80 bits per heavy atom. The lowest BCUT2D eigenvalue weighted by Crippen LogP contribution is -2.58. The Bertz CT molecular complexity index is 448. The fourth-order valence-corrected chi connectivity index (χ4v) is 2.51. The fourth-order valence-electron chi connectivity index (χ4n) is 2.51. The molecule has 0 radical (unpaired) electrons. The molecule has 1 saturated heterocycles. The van der Waals surface area contributed by atoms with Crippen LogP contribution in [0.1, 0.15) is 13.3 Å². The first-order valence-electron chi connectivity index (χ1n) is 6.88. The molecule has 2 rings (SSSR count). The molecule has 0 bridgehead atoms. The van der Waals surface area contributed by atoms with Gasteiger partial charge in [0, 0.05) is 20.1 Å². The molecule has 1 aliphatic heterocycles. The minimum atomic E-state index is -0.970. The normalized spacial score (nSPS) is 27.1. The number of nitrogens with one attached hydrogen (secondary N) is 1. The number of rotatable bonds is 4. The Kier molecular flexibility index (Phi) is 4.62. The van der Waals surface area contributed by atoms with Crippen molar-refractivity contribution in [1.82, 2.24) is 10.2 Å². The molecule has 0 unspecified atom stereocenters. The zero-order chi connectivity index (χ0) is 14.6. The molecule has 2 atom stereocenters. The van der Waals surface area contributed by atoms with E-state index in [1.165, 1.54) is 0 Å². The summed E-state index contributed by atoms with van der Waals surface area (Å²) in [4.78, 5) is 13.3. The van der Waals surface area contributed by atoms with Crippen LogP contribution >= 0.6 is 0 Å². The third-order valence-electron chi connectivity index (χ3n) is 3.61. The zero-order valence-corrected chi connectivity index (χ0v) is 12.0. The second-order valence-electron chi connectivity index (χ2n) is 5.45. The monoisotopic (exact) mass is 278 g/mol. The standard InChI is InChI=1S/C15H22N2O3/c1-15(19)11-17(10-14(18)16-2)9-8-13(15)20-12-6-4-3-5-7-12/h3-7,13,19H,8-11H2,1-2H3,(H,16,18)/t13-,15-/m0/s1. The van der Waals surface area contributed by atoms with Gasteiger partial charge in [0.05, 0.1) is 6.54 Å². The first kappa shape index (κ1) is 14.8. The van der Waals surface area contributed by atoms with Gasteiger partial charge in [0.15, 0.2) is 0 Å². The summed E-state index contributed by atoms with van der Waals surface area (Å²) in [6, 6.07) is 9.51. The molecule has 1 aliphatic rings. The van der Waals surface area contributed by atoms with Gasteiger partial charge in [-0.25, -0.2) is 0 Å². The molecule has 1 aromatic rings. The number of likely N-dealkylation sites (tertiary alicyclic amines) is 1. The molecule has 0 spiro atoms. The van der Waals surface area contributed by atoms with Crippen LogP contribution in [0.3, 0.4) is 0 Å². The summed E-state index contributed by atoms with van der Waals surface area (Å²) >= 11 is 0. The second kappa shape index (κ2) is 6.24. The van der Waals surface area contributed by atoms with Gasteiger partial charge in [0.25, 0.3) is 0 Å². The number of hydrogen-bond donors (Lipinski definition) is 2. The molecule has 5 heteroatoms. The highest BCUT2D eigenvalue weighted by atomic mass is 16.5. The number of benzene rings is 1. The van der Waals surface area contributed by atoms with Crippen LogP contribution < -0.4 is 10.1 Å². The van der Waals surface area contributed by atoms with E-state index in [1.54, 1.807) is 14.0 Å². The minimum absolute atomic E-state index is 0.0387. The van der Waals surface area contributed by atoms with Gasteiger partial charge in [-0.05, 0) is 25.5 Å². The smallest absolute Gasteiger partial charge is 0.233 e. The van der Waals surface area contributed by atoms with Crippen LogP contribution in [0.2, 0.25) is 0 Å². The quantitative estimate of drug-likeness (QED) is 0.848. The molecule has 1 heterocycles. The van der Waals surface area contributed by atoms with Crippen LogP contribution in [0.15, 0.2) is 30.3 Å². The minimum Gasteiger partial charge on any atom is -0.487 e. The lowest BCUT2D eigenvalue weighted by Gasteiger charge is -2.42. The highest BCUT2D eigenvalue weighted by Crippen LogP contribution is 2.26. The molecule has 20 heavy (non-hydrogen) atoms. The number of amides is 1. The van der Waals surface area contributed by atoms with Crippen molar-refractivity contribution >= 4 is 5.91 Å². The number of piperidine rings is 1. The van der Waals surface area contributed by atoms with Crippen molar-refractivity contribution in [2.75, 3.05) is 26.7 Å². The van der Waals surface area contributed by atoms with Crippen LogP contribution in [0.5, 0.6) is 5.75 Å². The van der Waals surface area contributed by atoms with E-state index >= 15 is 0 Å². The van der Waals surface area contributed by atoms with E-state index in [0.717, 1.165) is 12.3 Å². The third kappa shape index (κ3) is 3.71. The summed E-state index contributed by atoms with van der Waals surface area (Å²) in [7, 11) is 1.62. The highest BCUT2D eigenvalue weighted by Gasteiger charge is 2.40. The van der Waals surface area contributed by atoms with Crippen molar-refractivity contribution in [3.8, 4) is 5.75 Å². The SMILES string of the molecule is CNC(=O)CN1CC[C@H](Oc2ccccc2)[C@@](C)(O)C1. The Hall–Kier alpha value is -1.59. The van der Waals surface area contributed by atoms with Crippen molar-refractivity contribution < 1.29 is 14.6 Å². The molecular weight excluding hydrogens is 256 g/mol. The average molecular weight is 278 g/mol. The molecule has 0 aromatic heterocycles. The van der Waals surface area contributed by atoms with Crippen LogP contribution in [-0.2, 0) is 4.79 Å². The predicted molar refractivity (Wildman–Crippen MR) is 76.6 cm³/mol. The number of nitrogens with zero attached hydrogens (tertiary/aromatic N) is 1. The van der Waals surface area contributed by atoms with Gasteiger partial charge >= 0.3 is 0 Å². The van der Waals surface area contributed by atoms with E-state index in [4.69, 9.17) is 4.74 Å². The Morgan fingerprint density at radius 2 is 2.20 bits per heavy atom. The maximum absolute atomic E-state index is 11.4. The van der Waals surface area contributed by atoms with Gasteiger partial charge in [0.2, 0.25) is 5.91 Å². The summed E-state index contributed by atoms with van der Waals surface area (Å²) in [5.41, 5.74) is -0.970.